The van der Waals surface area contributed by atoms with Gasteiger partial charge in [-0.05, 0) is 36.4 Å². The van der Waals surface area contributed by atoms with Crippen LogP contribution >= 0.6 is 11.8 Å². The number of carbonyl (C=O) groups excluding carboxylic acids is 2. The predicted molar refractivity (Wildman–Crippen MR) is 106 cm³/mol. The quantitative estimate of drug-likeness (QED) is 0.659. The van der Waals surface area contributed by atoms with Gasteiger partial charge in [0.05, 0.1) is 0 Å². The Morgan fingerprint density at radius 2 is 1.81 bits per heavy atom. The van der Waals surface area contributed by atoms with Gasteiger partial charge >= 0.3 is 0 Å². The number of anilines is 1. The molecule has 0 unspecified atom stereocenters. The van der Waals surface area contributed by atoms with Gasteiger partial charge in [-0.3, -0.25) is 9.59 Å². The lowest BCUT2D eigenvalue weighted by Crippen LogP contribution is -2.27. The molecule has 0 saturated heterocycles. The zero-order chi connectivity index (χ0) is 19.1. The number of amides is 2. The van der Waals surface area contributed by atoms with E-state index in [9.17, 15) is 9.59 Å². The summed E-state index contributed by atoms with van der Waals surface area (Å²) in [7, 11) is 1.94. The van der Waals surface area contributed by atoms with Crippen LogP contribution in [0.4, 0.5) is 5.69 Å². The van der Waals surface area contributed by atoms with Crippen molar-refractivity contribution in [1.29, 1.82) is 0 Å². The predicted octanol–water partition coefficient (Wildman–Crippen LogP) is 3.33. The van der Waals surface area contributed by atoms with Crippen LogP contribution in [0.15, 0.2) is 77.0 Å². The van der Waals surface area contributed by atoms with Gasteiger partial charge in [-0.25, -0.2) is 4.98 Å². The second-order valence-corrected chi connectivity index (χ2v) is 6.91. The summed E-state index contributed by atoms with van der Waals surface area (Å²) in [5.41, 5.74) is 1.30. The summed E-state index contributed by atoms with van der Waals surface area (Å²) in [6.07, 6.45) is 3.86. The third-order valence-corrected chi connectivity index (χ3v) is 4.88. The van der Waals surface area contributed by atoms with Crippen LogP contribution in [0.3, 0.4) is 0 Å². The van der Waals surface area contributed by atoms with Crippen molar-refractivity contribution in [2.24, 2.45) is 7.05 Å². The number of benzene rings is 2. The molecule has 0 bridgehead atoms. The van der Waals surface area contributed by atoms with Crippen LogP contribution in [-0.4, -0.2) is 27.9 Å². The van der Waals surface area contributed by atoms with Crippen LogP contribution in [-0.2, 0) is 11.8 Å². The number of aromatic nitrogens is 2. The SMILES string of the molecule is Cn1ccnc1Sc1ccc(NC(=O)CCNC(=O)c2ccccc2)cc1. The van der Waals surface area contributed by atoms with E-state index in [1.54, 1.807) is 42.2 Å². The minimum atomic E-state index is -0.181. The fourth-order valence-corrected chi connectivity index (χ4v) is 3.17. The Balaban J connectivity index is 1.44. The van der Waals surface area contributed by atoms with E-state index in [-0.39, 0.29) is 24.8 Å². The Bertz CT molecular complexity index is 907. The first-order valence-electron chi connectivity index (χ1n) is 8.50. The first-order chi connectivity index (χ1) is 13.1. The largest absolute Gasteiger partial charge is 0.352 e. The maximum absolute atomic E-state index is 12.0. The lowest BCUT2D eigenvalue weighted by Gasteiger charge is -2.08. The zero-order valence-electron chi connectivity index (χ0n) is 14.9. The van der Waals surface area contributed by atoms with Crippen molar-refractivity contribution in [3.8, 4) is 0 Å². The van der Waals surface area contributed by atoms with Crippen molar-refractivity contribution in [2.75, 3.05) is 11.9 Å². The van der Waals surface area contributed by atoms with Gasteiger partial charge in [-0.1, -0.05) is 30.0 Å². The molecule has 0 fully saturated rings. The first kappa shape index (κ1) is 18.7. The second-order valence-electron chi connectivity index (χ2n) is 5.87. The van der Waals surface area contributed by atoms with Crippen molar-refractivity contribution < 1.29 is 9.59 Å². The zero-order valence-corrected chi connectivity index (χ0v) is 15.7. The van der Waals surface area contributed by atoms with Crippen LogP contribution in [0.1, 0.15) is 16.8 Å². The fourth-order valence-electron chi connectivity index (χ4n) is 2.37. The minimum absolute atomic E-state index is 0.145. The maximum atomic E-state index is 12.0. The van der Waals surface area contributed by atoms with Gasteiger partial charge in [0.2, 0.25) is 5.91 Å². The molecule has 2 N–H and O–H groups in total. The lowest BCUT2D eigenvalue weighted by molar-refractivity contribution is -0.116. The van der Waals surface area contributed by atoms with Gasteiger partial charge in [0.25, 0.3) is 5.91 Å². The molecular formula is C20H20N4O2S. The highest BCUT2D eigenvalue weighted by atomic mass is 32.2. The molecule has 2 amide bonds. The van der Waals surface area contributed by atoms with Crippen molar-refractivity contribution >= 4 is 29.3 Å². The molecule has 7 heteroatoms. The van der Waals surface area contributed by atoms with Gasteiger partial charge in [0.15, 0.2) is 5.16 Å². The van der Waals surface area contributed by atoms with Crippen LogP contribution in [0.5, 0.6) is 0 Å². The Morgan fingerprint density at radius 3 is 2.48 bits per heavy atom. The number of hydrogen-bond acceptors (Lipinski definition) is 4. The molecule has 27 heavy (non-hydrogen) atoms. The molecule has 1 aromatic heterocycles. The summed E-state index contributed by atoms with van der Waals surface area (Å²) in [5, 5.41) is 6.48. The van der Waals surface area contributed by atoms with Crippen molar-refractivity contribution in [2.45, 2.75) is 16.5 Å². The van der Waals surface area contributed by atoms with Crippen LogP contribution in [0.2, 0.25) is 0 Å². The van der Waals surface area contributed by atoms with Crippen molar-refractivity contribution in [3.05, 3.63) is 72.6 Å². The van der Waals surface area contributed by atoms with Gasteiger partial charge in [-0.15, -0.1) is 0 Å². The number of nitrogens with one attached hydrogen (secondary N) is 2. The van der Waals surface area contributed by atoms with E-state index in [0.717, 1.165) is 15.7 Å². The van der Waals surface area contributed by atoms with Crippen molar-refractivity contribution in [3.63, 3.8) is 0 Å². The Hall–Kier alpha value is -3.06. The van der Waals surface area contributed by atoms with Gasteiger partial charge in [0.1, 0.15) is 0 Å². The summed E-state index contributed by atoms with van der Waals surface area (Å²) < 4.78 is 1.95. The minimum Gasteiger partial charge on any atom is -0.352 e. The molecule has 1 heterocycles. The molecule has 0 aliphatic heterocycles. The number of nitrogens with zero attached hydrogens (tertiary/aromatic N) is 2. The summed E-state index contributed by atoms with van der Waals surface area (Å²) >= 11 is 1.56. The van der Waals surface area contributed by atoms with E-state index in [1.807, 2.05) is 48.1 Å². The van der Waals surface area contributed by atoms with E-state index in [2.05, 4.69) is 15.6 Å². The summed E-state index contributed by atoms with van der Waals surface area (Å²) in [4.78, 5) is 29.3. The fraction of sp³-hybridized carbons (Fsp3) is 0.150. The number of carbonyl (C=O) groups is 2. The molecule has 0 atom stereocenters. The van der Waals surface area contributed by atoms with Crippen LogP contribution < -0.4 is 10.6 Å². The molecule has 3 rings (SSSR count). The molecular weight excluding hydrogens is 360 g/mol. The Labute approximate surface area is 162 Å². The molecule has 3 aromatic rings. The van der Waals surface area contributed by atoms with Gasteiger partial charge in [0, 0.05) is 48.6 Å². The number of aryl methyl sites for hydroxylation is 1. The number of rotatable bonds is 7. The van der Waals surface area contributed by atoms with E-state index in [1.165, 1.54) is 0 Å². The summed E-state index contributed by atoms with van der Waals surface area (Å²) in [6.45, 7) is 0.284. The number of hydrogen-bond donors (Lipinski definition) is 2. The third-order valence-electron chi connectivity index (χ3n) is 3.80. The summed E-state index contributed by atoms with van der Waals surface area (Å²) in [5.74, 6) is -0.327. The second kappa shape index (κ2) is 9.05. The smallest absolute Gasteiger partial charge is 0.251 e. The summed E-state index contributed by atoms with van der Waals surface area (Å²) in [6, 6.07) is 16.5. The lowest BCUT2D eigenvalue weighted by atomic mass is 10.2. The molecule has 0 aliphatic carbocycles. The highest BCUT2D eigenvalue weighted by Crippen LogP contribution is 2.26. The number of imidazole rings is 1. The van der Waals surface area contributed by atoms with E-state index < -0.39 is 0 Å². The highest BCUT2D eigenvalue weighted by Gasteiger charge is 2.07. The maximum Gasteiger partial charge on any atom is 0.251 e. The van der Waals surface area contributed by atoms with E-state index in [4.69, 9.17) is 0 Å². The van der Waals surface area contributed by atoms with Crippen molar-refractivity contribution in [1.82, 2.24) is 14.9 Å². The normalized spacial score (nSPS) is 10.4. The monoisotopic (exact) mass is 380 g/mol. The molecule has 6 nitrogen and oxygen atoms in total. The standard InChI is InChI=1S/C20H20N4O2S/c1-24-14-13-22-20(24)27-17-9-7-16(8-10-17)23-18(25)11-12-21-19(26)15-5-3-2-4-6-15/h2-10,13-14H,11-12H2,1H3,(H,21,26)(H,23,25). The van der Waals surface area contributed by atoms with E-state index in [0.29, 0.717) is 5.56 Å². The van der Waals surface area contributed by atoms with Gasteiger partial charge in [-0.2, -0.15) is 0 Å². The molecule has 0 spiro atoms. The molecule has 0 radical (unpaired) electrons. The first-order valence-corrected chi connectivity index (χ1v) is 9.32. The Kier molecular flexibility index (Phi) is 6.27. The molecule has 138 valence electrons. The highest BCUT2D eigenvalue weighted by molar-refractivity contribution is 7.99. The molecule has 0 saturated carbocycles. The molecule has 0 aliphatic rings. The average molecular weight is 380 g/mol. The average Bonchev–Trinajstić information content (AvgIpc) is 3.08. The van der Waals surface area contributed by atoms with Crippen LogP contribution in [0.25, 0.3) is 0 Å². The molecule has 2 aromatic carbocycles. The third kappa shape index (κ3) is 5.46. The van der Waals surface area contributed by atoms with Crippen LogP contribution in [0, 0.1) is 0 Å². The van der Waals surface area contributed by atoms with Gasteiger partial charge < -0.3 is 15.2 Å². The topological polar surface area (TPSA) is 76.0 Å². The Morgan fingerprint density at radius 1 is 1.07 bits per heavy atom. The van der Waals surface area contributed by atoms with E-state index >= 15 is 0 Å².